The van der Waals surface area contributed by atoms with Crippen molar-refractivity contribution < 1.29 is 4.74 Å². The van der Waals surface area contributed by atoms with Crippen LogP contribution in [0.4, 0.5) is 0 Å². The van der Waals surface area contributed by atoms with Crippen LogP contribution in [0.15, 0.2) is 0 Å². The molecule has 0 radical (unpaired) electrons. The molecule has 0 amide bonds. The van der Waals surface area contributed by atoms with Gasteiger partial charge in [-0.25, -0.2) is 0 Å². The van der Waals surface area contributed by atoms with Gasteiger partial charge in [-0.05, 0) is 31.1 Å². The van der Waals surface area contributed by atoms with E-state index in [0.29, 0.717) is 11.5 Å². The maximum Gasteiger partial charge on any atom is 0.0692 e. The summed E-state index contributed by atoms with van der Waals surface area (Å²) >= 11 is 0. The highest BCUT2D eigenvalue weighted by atomic mass is 16.5. The van der Waals surface area contributed by atoms with Gasteiger partial charge in [0, 0.05) is 38.3 Å². The second-order valence-electron chi connectivity index (χ2n) is 7.75. The van der Waals surface area contributed by atoms with E-state index < -0.39 is 0 Å². The Labute approximate surface area is 125 Å². The molecule has 3 nitrogen and oxygen atoms in total. The second kappa shape index (κ2) is 6.33. The Balaban J connectivity index is 2.00. The van der Waals surface area contributed by atoms with Gasteiger partial charge in [-0.2, -0.15) is 0 Å². The van der Waals surface area contributed by atoms with Crippen LogP contribution in [0.5, 0.6) is 0 Å². The van der Waals surface area contributed by atoms with Gasteiger partial charge in [-0.15, -0.1) is 0 Å². The van der Waals surface area contributed by atoms with E-state index in [4.69, 9.17) is 4.74 Å². The number of piperazine rings is 1. The maximum absolute atomic E-state index is 6.14. The summed E-state index contributed by atoms with van der Waals surface area (Å²) in [6, 6.07) is 1.33. The average Bonchev–Trinajstić information content (AvgIpc) is 2.46. The van der Waals surface area contributed by atoms with E-state index in [2.05, 4.69) is 44.8 Å². The van der Waals surface area contributed by atoms with Crippen LogP contribution in [0.2, 0.25) is 0 Å². The van der Waals surface area contributed by atoms with Crippen LogP contribution >= 0.6 is 0 Å². The number of rotatable bonds is 3. The molecule has 2 unspecified atom stereocenters. The average molecular weight is 282 g/mol. The summed E-state index contributed by atoms with van der Waals surface area (Å²) in [6.07, 6.45) is 4.72. The lowest BCUT2D eigenvalue weighted by Gasteiger charge is -2.48. The van der Waals surface area contributed by atoms with Crippen LogP contribution in [0, 0.1) is 5.41 Å². The third-order valence-corrected chi connectivity index (χ3v) is 5.52. The quantitative estimate of drug-likeness (QED) is 0.861. The third-order valence-electron chi connectivity index (χ3n) is 5.52. The van der Waals surface area contributed by atoms with E-state index in [-0.39, 0.29) is 5.60 Å². The zero-order valence-electron chi connectivity index (χ0n) is 14.2. The van der Waals surface area contributed by atoms with Gasteiger partial charge in [-0.3, -0.25) is 4.90 Å². The van der Waals surface area contributed by atoms with Gasteiger partial charge in [0.2, 0.25) is 0 Å². The fourth-order valence-electron chi connectivity index (χ4n) is 3.74. The number of ether oxygens (including phenoxy) is 1. The highest BCUT2D eigenvalue weighted by Gasteiger charge is 2.39. The molecule has 0 aromatic heterocycles. The molecule has 2 aliphatic rings. The minimum atomic E-state index is 0.144. The van der Waals surface area contributed by atoms with Gasteiger partial charge in [0.05, 0.1) is 5.60 Å². The van der Waals surface area contributed by atoms with Gasteiger partial charge in [0.15, 0.2) is 0 Å². The molecule has 2 rings (SSSR count). The summed E-state index contributed by atoms with van der Waals surface area (Å²) in [5, 5.41) is 3.70. The highest BCUT2D eigenvalue weighted by Crippen LogP contribution is 2.34. The first-order chi connectivity index (χ1) is 9.40. The maximum atomic E-state index is 6.14. The fourth-order valence-corrected chi connectivity index (χ4v) is 3.74. The van der Waals surface area contributed by atoms with Crippen molar-refractivity contribution in [3.8, 4) is 0 Å². The molecule has 3 heteroatoms. The predicted molar refractivity (Wildman–Crippen MR) is 85.1 cm³/mol. The van der Waals surface area contributed by atoms with Gasteiger partial charge in [0.1, 0.15) is 0 Å². The molecule has 2 aliphatic heterocycles. The molecular weight excluding hydrogens is 248 g/mol. The van der Waals surface area contributed by atoms with Crippen molar-refractivity contribution in [1.29, 1.82) is 0 Å². The lowest BCUT2D eigenvalue weighted by atomic mass is 9.82. The lowest BCUT2D eigenvalue weighted by molar-refractivity contribution is -0.113. The first-order valence-corrected chi connectivity index (χ1v) is 8.51. The predicted octanol–water partition coefficient (Wildman–Crippen LogP) is 3.04. The van der Waals surface area contributed by atoms with Gasteiger partial charge >= 0.3 is 0 Å². The molecule has 0 aliphatic carbocycles. The number of hydrogen-bond acceptors (Lipinski definition) is 3. The summed E-state index contributed by atoms with van der Waals surface area (Å²) in [5.41, 5.74) is 0.488. The van der Waals surface area contributed by atoms with Crippen molar-refractivity contribution >= 4 is 0 Å². The molecule has 0 bridgehead atoms. The Bertz CT molecular complexity index is 307. The Hall–Kier alpha value is -0.120. The van der Waals surface area contributed by atoms with Gasteiger partial charge < -0.3 is 10.1 Å². The Morgan fingerprint density at radius 1 is 1.25 bits per heavy atom. The van der Waals surface area contributed by atoms with Crippen LogP contribution in [-0.2, 0) is 4.74 Å². The summed E-state index contributed by atoms with van der Waals surface area (Å²) in [7, 11) is 0. The monoisotopic (exact) mass is 282 g/mol. The Morgan fingerprint density at radius 2 is 1.95 bits per heavy atom. The van der Waals surface area contributed by atoms with Crippen molar-refractivity contribution in [2.45, 2.75) is 78.0 Å². The van der Waals surface area contributed by atoms with Crippen LogP contribution in [-0.4, -0.2) is 48.8 Å². The second-order valence-corrected chi connectivity index (χ2v) is 7.75. The molecule has 2 heterocycles. The molecule has 118 valence electrons. The van der Waals surface area contributed by atoms with Crippen molar-refractivity contribution in [3.05, 3.63) is 0 Å². The SMILES string of the molecule is CCC1(CC)CC(N2CCNC(C(C)(C)C)C2)CCO1. The fraction of sp³-hybridized carbons (Fsp3) is 1.00. The van der Waals surface area contributed by atoms with Crippen LogP contribution in [0.3, 0.4) is 0 Å². The van der Waals surface area contributed by atoms with Crippen LogP contribution in [0.25, 0.3) is 0 Å². The van der Waals surface area contributed by atoms with E-state index >= 15 is 0 Å². The molecule has 2 saturated heterocycles. The molecule has 0 saturated carbocycles. The van der Waals surface area contributed by atoms with Crippen molar-refractivity contribution in [2.24, 2.45) is 5.41 Å². The number of nitrogens with one attached hydrogen (secondary N) is 1. The zero-order valence-corrected chi connectivity index (χ0v) is 14.2. The Morgan fingerprint density at radius 3 is 2.55 bits per heavy atom. The third kappa shape index (κ3) is 3.55. The summed E-state index contributed by atoms with van der Waals surface area (Å²) < 4.78 is 6.14. The molecule has 0 aromatic rings. The Kier molecular flexibility index (Phi) is 5.14. The van der Waals surface area contributed by atoms with E-state index in [1.165, 1.54) is 25.9 Å². The topological polar surface area (TPSA) is 24.5 Å². The van der Waals surface area contributed by atoms with Gasteiger partial charge in [0.25, 0.3) is 0 Å². The van der Waals surface area contributed by atoms with Crippen LogP contribution < -0.4 is 5.32 Å². The summed E-state index contributed by atoms with van der Waals surface area (Å²) in [5.74, 6) is 0. The lowest BCUT2D eigenvalue weighted by Crippen LogP contribution is -2.60. The smallest absolute Gasteiger partial charge is 0.0692 e. The summed E-state index contributed by atoms with van der Waals surface area (Å²) in [4.78, 5) is 2.73. The molecule has 0 aromatic carbocycles. The molecule has 1 N–H and O–H groups in total. The van der Waals surface area contributed by atoms with E-state index in [1.54, 1.807) is 0 Å². The van der Waals surface area contributed by atoms with Crippen molar-refractivity contribution in [2.75, 3.05) is 26.2 Å². The summed E-state index contributed by atoms with van der Waals surface area (Å²) in [6.45, 7) is 16.1. The minimum Gasteiger partial charge on any atom is -0.375 e. The standard InChI is InChI=1S/C17H34N2O/c1-6-17(7-2)12-14(8-11-20-17)19-10-9-18-15(13-19)16(3,4)5/h14-15,18H,6-13H2,1-5H3. The molecule has 20 heavy (non-hydrogen) atoms. The number of hydrogen-bond donors (Lipinski definition) is 1. The van der Waals surface area contributed by atoms with Crippen molar-refractivity contribution in [3.63, 3.8) is 0 Å². The van der Waals surface area contributed by atoms with Gasteiger partial charge in [-0.1, -0.05) is 34.6 Å². The first kappa shape index (κ1) is 16.3. The van der Waals surface area contributed by atoms with E-state index in [1.807, 2.05) is 0 Å². The molecular formula is C17H34N2O. The van der Waals surface area contributed by atoms with Crippen LogP contribution in [0.1, 0.15) is 60.3 Å². The van der Waals surface area contributed by atoms with E-state index in [9.17, 15) is 0 Å². The number of nitrogens with zero attached hydrogens (tertiary/aromatic N) is 1. The molecule has 2 atom stereocenters. The highest BCUT2D eigenvalue weighted by molar-refractivity contribution is 4.94. The zero-order chi connectivity index (χ0) is 14.8. The molecule has 0 spiro atoms. The molecule has 2 fully saturated rings. The normalized spacial score (nSPS) is 32.2. The van der Waals surface area contributed by atoms with Crippen molar-refractivity contribution in [1.82, 2.24) is 10.2 Å². The van der Waals surface area contributed by atoms with E-state index in [0.717, 1.165) is 32.0 Å². The first-order valence-electron chi connectivity index (χ1n) is 8.51. The minimum absolute atomic E-state index is 0.144. The largest absolute Gasteiger partial charge is 0.375 e.